The molecule has 1 heterocycles. The fourth-order valence-electron chi connectivity index (χ4n) is 0.994. The monoisotopic (exact) mass is 154 g/mol. The van der Waals surface area contributed by atoms with Crippen molar-refractivity contribution >= 4 is 6.01 Å². The molecule has 0 saturated carbocycles. The third kappa shape index (κ3) is 1.73. The minimum Gasteiger partial charge on any atom is -0.429 e. The molecule has 0 bridgehead atoms. The van der Waals surface area contributed by atoms with E-state index in [1.165, 1.54) is 0 Å². The van der Waals surface area contributed by atoms with E-state index >= 15 is 0 Å². The van der Waals surface area contributed by atoms with Gasteiger partial charge < -0.3 is 9.73 Å². The van der Waals surface area contributed by atoms with Crippen molar-refractivity contribution in [2.24, 2.45) is 0 Å². The lowest BCUT2D eigenvalue weighted by molar-refractivity contribution is 0.514. The zero-order valence-corrected chi connectivity index (χ0v) is 7.27. The van der Waals surface area contributed by atoms with Crippen LogP contribution in [0.1, 0.15) is 24.8 Å². The molecule has 0 saturated heterocycles. The first-order valence-electron chi connectivity index (χ1n) is 3.92. The Bertz CT molecular complexity index is 230. The molecule has 11 heavy (non-hydrogen) atoms. The summed E-state index contributed by atoms with van der Waals surface area (Å²) in [6.45, 7) is 4.09. The van der Waals surface area contributed by atoms with Crippen LogP contribution in [0.15, 0.2) is 4.42 Å². The molecule has 1 N–H and O–H groups in total. The average molecular weight is 154 g/mol. The zero-order valence-electron chi connectivity index (χ0n) is 7.27. The highest BCUT2D eigenvalue weighted by Gasteiger charge is 2.05. The third-order valence-corrected chi connectivity index (χ3v) is 1.58. The van der Waals surface area contributed by atoms with Crippen molar-refractivity contribution in [3.05, 3.63) is 11.5 Å². The number of hydrogen-bond donors (Lipinski definition) is 1. The fourth-order valence-corrected chi connectivity index (χ4v) is 0.994. The van der Waals surface area contributed by atoms with Gasteiger partial charge in [-0.3, -0.25) is 0 Å². The molecule has 1 aromatic heterocycles. The summed E-state index contributed by atoms with van der Waals surface area (Å²) in [5, 5.41) is 2.87. The lowest BCUT2D eigenvalue weighted by Crippen LogP contribution is -1.85. The van der Waals surface area contributed by atoms with Gasteiger partial charge in [0.1, 0.15) is 5.76 Å². The van der Waals surface area contributed by atoms with E-state index < -0.39 is 0 Å². The van der Waals surface area contributed by atoms with Crippen molar-refractivity contribution in [2.45, 2.75) is 26.7 Å². The van der Waals surface area contributed by atoms with Crippen molar-refractivity contribution in [1.82, 2.24) is 4.98 Å². The van der Waals surface area contributed by atoms with E-state index in [1.54, 1.807) is 7.05 Å². The second-order valence-electron chi connectivity index (χ2n) is 2.53. The van der Waals surface area contributed by atoms with Crippen molar-refractivity contribution in [3.8, 4) is 0 Å². The molecule has 0 fully saturated rings. The second-order valence-corrected chi connectivity index (χ2v) is 2.53. The molecule has 0 radical (unpaired) electrons. The largest absolute Gasteiger partial charge is 0.429 e. The van der Waals surface area contributed by atoms with Crippen LogP contribution in [0, 0.1) is 6.92 Å². The predicted octanol–water partition coefficient (Wildman–Crippen LogP) is 1.98. The molecule has 1 aromatic rings. The Balaban J connectivity index is 2.79. The van der Waals surface area contributed by atoms with Crippen LogP contribution in [0.25, 0.3) is 0 Å². The maximum atomic E-state index is 5.38. The van der Waals surface area contributed by atoms with Gasteiger partial charge in [0, 0.05) is 13.5 Å². The molecule has 62 valence electrons. The van der Waals surface area contributed by atoms with Gasteiger partial charge in [0.15, 0.2) is 0 Å². The van der Waals surface area contributed by atoms with E-state index in [0.717, 1.165) is 24.3 Å². The fraction of sp³-hybridized carbons (Fsp3) is 0.625. The first kappa shape index (κ1) is 8.11. The van der Waals surface area contributed by atoms with Crippen LogP contribution in [-0.4, -0.2) is 12.0 Å². The maximum absolute atomic E-state index is 5.38. The standard InChI is InChI=1S/C8H14N2O/c1-4-5-7-6(2)10-8(9-3)11-7/h4-5H2,1-3H3,(H,9,10). The predicted molar refractivity (Wildman–Crippen MR) is 44.8 cm³/mol. The topological polar surface area (TPSA) is 38.1 Å². The van der Waals surface area contributed by atoms with Crippen molar-refractivity contribution in [3.63, 3.8) is 0 Å². The summed E-state index contributed by atoms with van der Waals surface area (Å²) in [7, 11) is 1.81. The van der Waals surface area contributed by atoms with Gasteiger partial charge in [0.2, 0.25) is 0 Å². The van der Waals surface area contributed by atoms with Crippen LogP contribution in [0.3, 0.4) is 0 Å². The van der Waals surface area contributed by atoms with Gasteiger partial charge in [-0.05, 0) is 13.3 Å². The van der Waals surface area contributed by atoms with Gasteiger partial charge in [-0.15, -0.1) is 0 Å². The van der Waals surface area contributed by atoms with Gasteiger partial charge >= 0.3 is 0 Å². The van der Waals surface area contributed by atoms with Gasteiger partial charge in [-0.25, -0.2) is 0 Å². The summed E-state index contributed by atoms with van der Waals surface area (Å²) in [4.78, 5) is 4.17. The quantitative estimate of drug-likeness (QED) is 0.723. The number of aryl methyl sites for hydroxylation is 2. The molecule has 0 aliphatic carbocycles. The summed E-state index contributed by atoms with van der Waals surface area (Å²) in [6.07, 6.45) is 2.07. The van der Waals surface area contributed by atoms with Crippen LogP contribution < -0.4 is 5.32 Å². The molecule has 0 aromatic carbocycles. The van der Waals surface area contributed by atoms with Crippen molar-refractivity contribution < 1.29 is 4.42 Å². The number of anilines is 1. The van der Waals surface area contributed by atoms with Gasteiger partial charge in [0.25, 0.3) is 6.01 Å². The highest BCUT2D eigenvalue weighted by molar-refractivity contribution is 5.23. The van der Waals surface area contributed by atoms with E-state index in [0.29, 0.717) is 6.01 Å². The van der Waals surface area contributed by atoms with Crippen LogP contribution in [0.5, 0.6) is 0 Å². The summed E-state index contributed by atoms with van der Waals surface area (Å²) in [6, 6.07) is 0.617. The molecule has 0 atom stereocenters. The summed E-state index contributed by atoms with van der Waals surface area (Å²) >= 11 is 0. The summed E-state index contributed by atoms with van der Waals surface area (Å²) < 4.78 is 5.38. The Kier molecular flexibility index (Phi) is 2.52. The van der Waals surface area contributed by atoms with Crippen molar-refractivity contribution in [2.75, 3.05) is 12.4 Å². The normalized spacial score (nSPS) is 10.1. The smallest absolute Gasteiger partial charge is 0.294 e. The molecule has 0 spiro atoms. The lowest BCUT2D eigenvalue weighted by Gasteiger charge is -1.90. The van der Waals surface area contributed by atoms with E-state index in [4.69, 9.17) is 4.42 Å². The van der Waals surface area contributed by atoms with Crippen LogP contribution in [0.4, 0.5) is 6.01 Å². The minimum absolute atomic E-state index is 0.617. The second kappa shape index (κ2) is 3.42. The van der Waals surface area contributed by atoms with Crippen LogP contribution in [-0.2, 0) is 6.42 Å². The van der Waals surface area contributed by atoms with E-state index in [1.807, 2.05) is 6.92 Å². The molecule has 0 aliphatic rings. The third-order valence-electron chi connectivity index (χ3n) is 1.58. The Hall–Kier alpha value is -0.990. The van der Waals surface area contributed by atoms with Gasteiger partial charge in [-0.2, -0.15) is 4.98 Å². The number of rotatable bonds is 3. The van der Waals surface area contributed by atoms with E-state index in [2.05, 4.69) is 17.2 Å². The maximum Gasteiger partial charge on any atom is 0.294 e. The molecule has 0 unspecified atom stereocenters. The van der Waals surface area contributed by atoms with E-state index in [9.17, 15) is 0 Å². The number of aromatic nitrogens is 1. The first-order valence-corrected chi connectivity index (χ1v) is 3.92. The zero-order chi connectivity index (χ0) is 8.27. The molecule has 3 heteroatoms. The minimum atomic E-state index is 0.617. The Labute approximate surface area is 66.8 Å². The summed E-state index contributed by atoms with van der Waals surface area (Å²) in [5.41, 5.74) is 0.996. The molecule has 3 nitrogen and oxygen atoms in total. The number of nitrogens with zero attached hydrogens (tertiary/aromatic N) is 1. The first-order chi connectivity index (χ1) is 5.27. The highest BCUT2D eigenvalue weighted by Crippen LogP contribution is 2.14. The Morgan fingerprint density at radius 1 is 1.55 bits per heavy atom. The molecule has 0 amide bonds. The number of nitrogens with one attached hydrogen (secondary N) is 1. The molecular formula is C8H14N2O. The molecular weight excluding hydrogens is 140 g/mol. The lowest BCUT2D eigenvalue weighted by atomic mass is 10.2. The van der Waals surface area contributed by atoms with Crippen LogP contribution in [0.2, 0.25) is 0 Å². The number of oxazole rings is 1. The summed E-state index contributed by atoms with van der Waals surface area (Å²) in [5.74, 6) is 0.997. The average Bonchev–Trinajstić information content (AvgIpc) is 2.33. The Morgan fingerprint density at radius 3 is 2.73 bits per heavy atom. The Morgan fingerprint density at radius 2 is 2.27 bits per heavy atom. The molecule has 1 rings (SSSR count). The van der Waals surface area contributed by atoms with E-state index in [-0.39, 0.29) is 0 Å². The van der Waals surface area contributed by atoms with Crippen LogP contribution >= 0.6 is 0 Å². The van der Waals surface area contributed by atoms with Gasteiger partial charge in [-0.1, -0.05) is 6.92 Å². The number of hydrogen-bond acceptors (Lipinski definition) is 3. The highest BCUT2D eigenvalue weighted by atomic mass is 16.4. The van der Waals surface area contributed by atoms with Crippen molar-refractivity contribution in [1.29, 1.82) is 0 Å². The molecule has 0 aliphatic heterocycles. The van der Waals surface area contributed by atoms with Gasteiger partial charge in [0.05, 0.1) is 5.69 Å². The SMILES string of the molecule is CCCc1oc(NC)nc1C.